The van der Waals surface area contributed by atoms with E-state index in [0.29, 0.717) is 20.4 Å². The number of hydrogen-bond acceptors (Lipinski definition) is 4. The van der Waals surface area contributed by atoms with E-state index in [1.165, 1.54) is 18.0 Å². The number of carbonyl (C=O) groups is 1. The number of rotatable bonds is 5. The van der Waals surface area contributed by atoms with Gasteiger partial charge >= 0.3 is 5.97 Å². The molecule has 1 N–H and O–H groups in total. The first-order valence-corrected chi connectivity index (χ1v) is 10.6. The molecular weight excluding hydrogens is 458 g/mol. The Kier molecular flexibility index (Phi) is 7.21. The van der Waals surface area contributed by atoms with Crippen LogP contribution >= 0.6 is 39.3 Å². The fourth-order valence-electron chi connectivity index (χ4n) is 1.89. The first-order chi connectivity index (χ1) is 12.1. The third-order valence-corrected chi connectivity index (χ3v) is 6.63. The summed E-state index contributed by atoms with van der Waals surface area (Å²) in [5, 5.41) is 9.82. The van der Waals surface area contributed by atoms with E-state index in [2.05, 4.69) is 20.3 Å². The molecule has 0 aliphatic rings. The van der Waals surface area contributed by atoms with Crippen LogP contribution < -0.4 is 0 Å². The van der Waals surface area contributed by atoms with Gasteiger partial charge < -0.3 is 9.66 Å². The summed E-state index contributed by atoms with van der Waals surface area (Å²) in [5.74, 6) is -1.01. The summed E-state index contributed by atoms with van der Waals surface area (Å²) in [7, 11) is 0. The number of carboxylic acids is 1. The zero-order valence-corrected chi connectivity index (χ0v) is 18.3. The molecule has 0 amide bonds. The Balaban J connectivity index is 2.46. The standard InChI is InChI=1S/C18H17BrClNO3S2/c1-18(2,3)26(24)21-10-11-8-12(19)9-14(20)16(11)25-15-7-5-4-6-13(15)17(22)23/h4-10H,1-3H3,(H,22,23)/b21-10+. The lowest BCUT2D eigenvalue weighted by atomic mass is 10.2. The molecule has 0 spiro atoms. The van der Waals surface area contributed by atoms with Gasteiger partial charge in [0, 0.05) is 19.8 Å². The van der Waals surface area contributed by atoms with Crippen molar-refractivity contribution in [3.8, 4) is 0 Å². The molecule has 0 aromatic heterocycles. The Morgan fingerprint density at radius 3 is 2.62 bits per heavy atom. The number of aromatic carboxylic acids is 1. The van der Waals surface area contributed by atoms with Crippen LogP contribution in [-0.2, 0) is 11.4 Å². The fraction of sp³-hybridized carbons (Fsp3) is 0.222. The molecule has 2 aromatic rings. The van der Waals surface area contributed by atoms with Crippen LogP contribution in [0.5, 0.6) is 0 Å². The minimum atomic E-state index is -1.41. The number of benzene rings is 2. The van der Waals surface area contributed by atoms with Crippen LogP contribution in [0.1, 0.15) is 36.7 Å². The van der Waals surface area contributed by atoms with Crippen molar-refractivity contribution >= 4 is 62.8 Å². The average molecular weight is 475 g/mol. The minimum Gasteiger partial charge on any atom is -0.591 e. The van der Waals surface area contributed by atoms with E-state index >= 15 is 0 Å². The Morgan fingerprint density at radius 2 is 2.00 bits per heavy atom. The summed E-state index contributed by atoms with van der Waals surface area (Å²) < 4.78 is 16.6. The van der Waals surface area contributed by atoms with Gasteiger partial charge in [0.25, 0.3) is 0 Å². The highest BCUT2D eigenvalue weighted by Crippen LogP contribution is 2.39. The molecule has 0 aliphatic carbocycles. The average Bonchev–Trinajstić information content (AvgIpc) is 2.54. The van der Waals surface area contributed by atoms with E-state index in [-0.39, 0.29) is 5.56 Å². The first kappa shape index (κ1) is 21.3. The summed E-state index contributed by atoms with van der Waals surface area (Å²) >= 11 is 9.61. The lowest BCUT2D eigenvalue weighted by Crippen LogP contribution is -2.25. The monoisotopic (exact) mass is 473 g/mol. The number of carboxylic acid groups (broad SMARTS) is 1. The highest BCUT2D eigenvalue weighted by molar-refractivity contribution is 9.10. The molecule has 26 heavy (non-hydrogen) atoms. The second-order valence-electron chi connectivity index (χ2n) is 6.31. The molecule has 0 saturated heterocycles. The molecule has 1 unspecified atom stereocenters. The molecule has 0 heterocycles. The van der Waals surface area contributed by atoms with Crippen molar-refractivity contribution in [1.29, 1.82) is 0 Å². The van der Waals surface area contributed by atoms with Crippen LogP contribution in [0.2, 0.25) is 5.02 Å². The summed E-state index contributed by atoms with van der Waals surface area (Å²) in [6.45, 7) is 5.52. The molecule has 2 rings (SSSR count). The Bertz CT molecular complexity index is 853. The topological polar surface area (TPSA) is 72.7 Å². The molecule has 138 valence electrons. The van der Waals surface area contributed by atoms with Crippen molar-refractivity contribution in [3.05, 3.63) is 57.0 Å². The minimum absolute atomic E-state index is 0.192. The quantitative estimate of drug-likeness (QED) is 0.437. The smallest absolute Gasteiger partial charge is 0.336 e. The maximum atomic E-state index is 12.2. The molecular formula is C18H17BrClNO3S2. The molecule has 0 radical (unpaired) electrons. The van der Waals surface area contributed by atoms with Crippen LogP contribution in [0.4, 0.5) is 0 Å². The van der Waals surface area contributed by atoms with Gasteiger partial charge in [0.2, 0.25) is 0 Å². The second kappa shape index (κ2) is 8.80. The SMILES string of the molecule is CC(C)(C)[S+]([O-])/N=C/c1cc(Br)cc(Cl)c1Sc1ccccc1C(=O)O. The lowest BCUT2D eigenvalue weighted by molar-refractivity contribution is 0.0693. The number of halogens is 2. The van der Waals surface area contributed by atoms with E-state index in [0.717, 1.165) is 4.47 Å². The van der Waals surface area contributed by atoms with Gasteiger partial charge in [-0.05, 0) is 45.0 Å². The third kappa shape index (κ3) is 5.50. The number of hydrogen-bond donors (Lipinski definition) is 1. The Labute approximate surface area is 173 Å². The maximum absolute atomic E-state index is 12.2. The molecule has 8 heteroatoms. The molecule has 0 aliphatic heterocycles. The lowest BCUT2D eigenvalue weighted by Gasteiger charge is -2.18. The third-order valence-electron chi connectivity index (χ3n) is 3.18. The van der Waals surface area contributed by atoms with Crippen LogP contribution in [-0.4, -0.2) is 26.6 Å². The zero-order valence-electron chi connectivity index (χ0n) is 14.3. The molecule has 0 saturated carbocycles. The first-order valence-electron chi connectivity index (χ1n) is 7.55. The van der Waals surface area contributed by atoms with E-state index in [4.69, 9.17) is 11.6 Å². The molecule has 0 bridgehead atoms. The van der Waals surface area contributed by atoms with Crippen LogP contribution in [0.15, 0.2) is 55.1 Å². The second-order valence-corrected chi connectivity index (χ2v) is 10.6. The largest absolute Gasteiger partial charge is 0.591 e. The van der Waals surface area contributed by atoms with Gasteiger partial charge in [0.1, 0.15) is 16.1 Å². The van der Waals surface area contributed by atoms with Gasteiger partial charge in [-0.25, -0.2) is 4.79 Å². The molecule has 0 fully saturated rings. The van der Waals surface area contributed by atoms with Gasteiger partial charge in [-0.2, -0.15) is 0 Å². The van der Waals surface area contributed by atoms with Crippen molar-refractivity contribution in [3.63, 3.8) is 0 Å². The predicted octanol–water partition coefficient (Wildman–Crippen LogP) is 5.83. The van der Waals surface area contributed by atoms with Crippen molar-refractivity contribution in [2.75, 3.05) is 0 Å². The highest BCUT2D eigenvalue weighted by Gasteiger charge is 2.26. The van der Waals surface area contributed by atoms with Gasteiger partial charge in [-0.15, -0.1) is 0 Å². The van der Waals surface area contributed by atoms with Gasteiger partial charge in [0.15, 0.2) is 0 Å². The van der Waals surface area contributed by atoms with Crippen LogP contribution in [0.3, 0.4) is 0 Å². The maximum Gasteiger partial charge on any atom is 0.336 e. The van der Waals surface area contributed by atoms with Crippen molar-refractivity contribution in [2.45, 2.75) is 35.3 Å². The van der Waals surface area contributed by atoms with E-state index in [1.807, 2.05) is 20.8 Å². The van der Waals surface area contributed by atoms with Gasteiger partial charge in [-0.3, -0.25) is 0 Å². The normalized spacial score (nSPS) is 13.2. The van der Waals surface area contributed by atoms with E-state index in [1.54, 1.807) is 36.4 Å². The molecule has 2 aromatic carbocycles. The predicted molar refractivity (Wildman–Crippen MR) is 112 cm³/mol. The summed E-state index contributed by atoms with van der Waals surface area (Å²) in [6, 6.07) is 10.2. The van der Waals surface area contributed by atoms with Gasteiger partial charge in [0.05, 0.1) is 16.8 Å². The fourth-order valence-corrected chi connectivity index (χ4v) is 4.38. The Hall–Kier alpha value is -0.990. The number of nitrogens with zero attached hydrogens (tertiary/aromatic N) is 1. The van der Waals surface area contributed by atoms with Crippen LogP contribution in [0.25, 0.3) is 0 Å². The summed E-state index contributed by atoms with van der Waals surface area (Å²) in [6.07, 6.45) is 1.52. The molecule has 1 atom stereocenters. The zero-order chi connectivity index (χ0) is 19.5. The van der Waals surface area contributed by atoms with Crippen molar-refractivity contribution < 1.29 is 14.5 Å². The Morgan fingerprint density at radius 1 is 1.35 bits per heavy atom. The summed E-state index contributed by atoms with van der Waals surface area (Å²) in [5.41, 5.74) is 0.852. The molecule has 4 nitrogen and oxygen atoms in total. The van der Waals surface area contributed by atoms with Crippen LogP contribution in [0, 0.1) is 0 Å². The van der Waals surface area contributed by atoms with Gasteiger partial charge in [-0.1, -0.05) is 55.8 Å². The van der Waals surface area contributed by atoms with E-state index in [9.17, 15) is 14.5 Å². The van der Waals surface area contributed by atoms with Crippen molar-refractivity contribution in [2.24, 2.45) is 4.40 Å². The highest BCUT2D eigenvalue weighted by atomic mass is 79.9. The summed E-state index contributed by atoms with van der Waals surface area (Å²) in [4.78, 5) is 12.7. The van der Waals surface area contributed by atoms with E-state index < -0.39 is 22.1 Å². The van der Waals surface area contributed by atoms with Crippen molar-refractivity contribution in [1.82, 2.24) is 0 Å².